The van der Waals surface area contributed by atoms with E-state index < -0.39 is 0 Å². The van der Waals surface area contributed by atoms with Crippen LogP contribution in [0.2, 0.25) is 0 Å². The van der Waals surface area contributed by atoms with E-state index in [2.05, 4.69) is 0 Å². The van der Waals surface area contributed by atoms with Crippen molar-refractivity contribution in [2.45, 2.75) is 12.5 Å². The van der Waals surface area contributed by atoms with E-state index >= 15 is 0 Å². The van der Waals surface area contributed by atoms with E-state index in [1.165, 1.54) is 7.11 Å². The van der Waals surface area contributed by atoms with Gasteiger partial charge in [-0.15, -0.1) is 0 Å². The minimum atomic E-state index is -0.316. The second-order valence-electron chi connectivity index (χ2n) is 3.57. The predicted octanol–water partition coefficient (Wildman–Crippen LogP) is 1.53. The molecule has 0 amide bonds. The van der Waals surface area contributed by atoms with Crippen molar-refractivity contribution in [2.75, 3.05) is 24.3 Å². The highest BCUT2D eigenvalue weighted by Crippen LogP contribution is 2.30. The van der Waals surface area contributed by atoms with Crippen LogP contribution in [0.3, 0.4) is 0 Å². The molecule has 1 atom stereocenters. The predicted molar refractivity (Wildman–Crippen MR) is 61.2 cm³/mol. The molecule has 1 fully saturated rings. The zero-order valence-electron chi connectivity index (χ0n) is 8.60. The fraction of sp³-hybridized carbons (Fsp3) is 0.500. The van der Waals surface area contributed by atoms with Crippen LogP contribution in [-0.2, 0) is 4.74 Å². The molecule has 1 unspecified atom stereocenters. The lowest BCUT2D eigenvalue weighted by Crippen LogP contribution is -2.15. The zero-order chi connectivity index (χ0) is 10.8. The van der Waals surface area contributed by atoms with Gasteiger partial charge >= 0.3 is 5.97 Å². The summed E-state index contributed by atoms with van der Waals surface area (Å²) in [5.74, 6) is 1.87. The highest BCUT2D eigenvalue weighted by molar-refractivity contribution is 7.99. The summed E-state index contributed by atoms with van der Waals surface area (Å²) in [6, 6.07) is 2.05. The van der Waals surface area contributed by atoms with Gasteiger partial charge in [0, 0.05) is 18.0 Å². The summed E-state index contributed by atoms with van der Waals surface area (Å²) in [7, 11) is 1.39. The lowest BCUT2D eigenvalue weighted by Gasteiger charge is -2.13. The Hall–Kier alpha value is -1.10. The van der Waals surface area contributed by atoms with Gasteiger partial charge in [0.15, 0.2) is 0 Å². The number of rotatable bonds is 2. The largest absolute Gasteiger partial charge is 0.464 e. The summed E-state index contributed by atoms with van der Waals surface area (Å²) >= 11 is 1.90. The maximum atomic E-state index is 11.5. The molecule has 0 saturated carbocycles. The van der Waals surface area contributed by atoms with Crippen LogP contribution in [0.5, 0.6) is 0 Å². The second kappa shape index (κ2) is 4.18. The van der Waals surface area contributed by atoms with E-state index in [0.717, 1.165) is 17.9 Å². The Morgan fingerprint density at radius 2 is 2.53 bits per heavy atom. The number of nitrogens with zero attached hydrogens (tertiary/aromatic N) is 1. The number of carbonyl (C=O) groups is 1. The number of nitrogens with two attached hydrogens (primary N) is 1. The molecule has 1 aliphatic rings. The number of hydrogen-bond donors (Lipinski definition) is 1. The molecule has 1 aromatic heterocycles. The van der Waals surface area contributed by atoms with Crippen molar-refractivity contribution in [2.24, 2.45) is 0 Å². The SMILES string of the molecule is COC(=O)c1cc(N)cn1C1CCSC1. The Morgan fingerprint density at radius 3 is 3.13 bits per heavy atom. The van der Waals surface area contributed by atoms with Crippen molar-refractivity contribution >= 4 is 23.4 Å². The van der Waals surface area contributed by atoms with Gasteiger partial charge < -0.3 is 15.0 Å². The van der Waals surface area contributed by atoms with E-state index in [4.69, 9.17) is 10.5 Å². The topological polar surface area (TPSA) is 57.2 Å². The number of esters is 1. The first-order valence-electron chi connectivity index (χ1n) is 4.86. The number of carbonyl (C=O) groups excluding carboxylic acids is 1. The fourth-order valence-electron chi connectivity index (χ4n) is 1.81. The van der Waals surface area contributed by atoms with E-state index in [-0.39, 0.29) is 5.97 Å². The monoisotopic (exact) mass is 226 g/mol. The number of thioether (sulfide) groups is 1. The normalized spacial score (nSPS) is 20.5. The number of anilines is 1. The third kappa shape index (κ3) is 1.97. The smallest absolute Gasteiger partial charge is 0.354 e. The molecule has 0 bridgehead atoms. The van der Waals surface area contributed by atoms with Crippen LogP contribution in [0.25, 0.3) is 0 Å². The number of nitrogen functional groups attached to an aromatic ring is 1. The Balaban J connectivity index is 2.32. The van der Waals surface area contributed by atoms with Crippen LogP contribution >= 0.6 is 11.8 Å². The molecule has 0 aromatic carbocycles. The van der Waals surface area contributed by atoms with Crippen molar-refractivity contribution in [1.29, 1.82) is 0 Å². The van der Waals surface area contributed by atoms with Crippen LogP contribution in [0.1, 0.15) is 23.0 Å². The average Bonchev–Trinajstić information content (AvgIpc) is 2.84. The molecule has 0 aliphatic carbocycles. The number of methoxy groups -OCH3 is 1. The van der Waals surface area contributed by atoms with Gasteiger partial charge in [0.25, 0.3) is 0 Å². The Labute approximate surface area is 92.8 Å². The summed E-state index contributed by atoms with van der Waals surface area (Å²) in [5.41, 5.74) is 6.88. The third-order valence-electron chi connectivity index (χ3n) is 2.56. The van der Waals surface area contributed by atoms with Crippen molar-refractivity contribution in [3.8, 4) is 0 Å². The summed E-state index contributed by atoms with van der Waals surface area (Å²) < 4.78 is 6.67. The minimum Gasteiger partial charge on any atom is -0.464 e. The lowest BCUT2D eigenvalue weighted by atomic mass is 10.2. The van der Waals surface area contributed by atoms with Crippen molar-refractivity contribution in [1.82, 2.24) is 4.57 Å². The molecule has 5 heteroatoms. The van der Waals surface area contributed by atoms with Crippen LogP contribution in [0.4, 0.5) is 5.69 Å². The van der Waals surface area contributed by atoms with Gasteiger partial charge in [-0.2, -0.15) is 11.8 Å². The Morgan fingerprint density at radius 1 is 1.73 bits per heavy atom. The summed E-state index contributed by atoms with van der Waals surface area (Å²) in [5, 5.41) is 0. The molecule has 15 heavy (non-hydrogen) atoms. The molecule has 2 N–H and O–H groups in total. The lowest BCUT2D eigenvalue weighted by molar-refractivity contribution is 0.0586. The maximum absolute atomic E-state index is 11.5. The first kappa shape index (κ1) is 10.4. The summed E-state index contributed by atoms with van der Waals surface area (Å²) in [6.07, 6.45) is 2.91. The minimum absolute atomic E-state index is 0.316. The van der Waals surface area contributed by atoms with Crippen molar-refractivity contribution < 1.29 is 9.53 Å². The number of hydrogen-bond acceptors (Lipinski definition) is 4. The van der Waals surface area contributed by atoms with Gasteiger partial charge in [0.1, 0.15) is 5.69 Å². The summed E-state index contributed by atoms with van der Waals surface area (Å²) in [6.45, 7) is 0. The molecule has 2 rings (SSSR count). The van der Waals surface area contributed by atoms with Crippen LogP contribution in [0, 0.1) is 0 Å². The molecular weight excluding hydrogens is 212 g/mol. The van der Waals surface area contributed by atoms with Gasteiger partial charge in [-0.25, -0.2) is 4.79 Å². The Kier molecular flexibility index (Phi) is 2.90. The molecule has 0 spiro atoms. The molecular formula is C10H14N2O2S. The van der Waals surface area contributed by atoms with Crippen molar-refractivity contribution in [3.63, 3.8) is 0 Å². The highest BCUT2D eigenvalue weighted by Gasteiger charge is 2.23. The van der Waals surface area contributed by atoms with Gasteiger partial charge in [-0.3, -0.25) is 0 Å². The summed E-state index contributed by atoms with van der Waals surface area (Å²) in [4.78, 5) is 11.5. The first-order chi connectivity index (χ1) is 7.22. The molecule has 2 heterocycles. The van der Waals surface area contributed by atoms with Crippen molar-refractivity contribution in [3.05, 3.63) is 18.0 Å². The second-order valence-corrected chi connectivity index (χ2v) is 4.72. The molecule has 1 saturated heterocycles. The molecule has 82 valence electrons. The molecule has 0 radical (unpaired) electrons. The number of ether oxygens (including phenoxy) is 1. The van der Waals surface area contributed by atoms with E-state index in [1.807, 2.05) is 22.5 Å². The molecule has 1 aliphatic heterocycles. The standard InChI is InChI=1S/C10H14N2O2S/c1-14-10(13)9-4-7(11)5-12(9)8-2-3-15-6-8/h4-5,8H,2-3,6,11H2,1H3. The maximum Gasteiger partial charge on any atom is 0.354 e. The first-order valence-corrected chi connectivity index (χ1v) is 6.01. The van der Waals surface area contributed by atoms with Gasteiger partial charge in [0.05, 0.1) is 12.8 Å². The van der Waals surface area contributed by atoms with E-state index in [9.17, 15) is 4.79 Å². The van der Waals surface area contributed by atoms with Gasteiger partial charge in [-0.1, -0.05) is 0 Å². The molecule has 4 nitrogen and oxygen atoms in total. The van der Waals surface area contributed by atoms with Crippen LogP contribution in [-0.4, -0.2) is 29.2 Å². The quantitative estimate of drug-likeness (QED) is 0.777. The fourth-order valence-corrected chi connectivity index (χ4v) is 3.02. The van der Waals surface area contributed by atoms with Gasteiger partial charge in [0.2, 0.25) is 0 Å². The van der Waals surface area contributed by atoms with Gasteiger partial charge in [-0.05, 0) is 18.2 Å². The Bertz CT molecular complexity index is 369. The highest BCUT2D eigenvalue weighted by atomic mass is 32.2. The zero-order valence-corrected chi connectivity index (χ0v) is 9.42. The number of aromatic nitrogens is 1. The third-order valence-corrected chi connectivity index (χ3v) is 3.71. The van der Waals surface area contributed by atoms with E-state index in [1.54, 1.807) is 6.07 Å². The van der Waals surface area contributed by atoms with E-state index in [0.29, 0.717) is 17.4 Å². The molecule has 1 aromatic rings. The average molecular weight is 226 g/mol. The van der Waals surface area contributed by atoms with Crippen LogP contribution < -0.4 is 5.73 Å². The van der Waals surface area contributed by atoms with Crippen LogP contribution in [0.15, 0.2) is 12.3 Å².